The molecule has 0 aliphatic heterocycles. The summed E-state index contributed by atoms with van der Waals surface area (Å²) in [4.78, 5) is 13.8. The quantitative estimate of drug-likeness (QED) is 0.557. The summed E-state index contributed by atoms with van der Waals surface area (Å²) in [5, 5.41) is 15.9. The molecule has 0 atom stereocenters. The number of methoxy groups -OCH3 is 1. The molecule has 0 saturated heterocycles. The number of carbonyl (C=O) groups excluding carboxylic acids is 1. The fourth-order valence-corrected chi connectivity index (χ4v) is 2.21. The van der Waals surface area contributed by atoms with Gasteiger partial charge in [0.1, 0.15) is 5.75 Å². The lowest BCUT2D eigenvalue weighted by Gasteiger charge is -2.04. The van der Waals surface area contributed by atoms with Crippen LogP contribution in [0.15, 0.2) is 53.8 Å². The zero-order valence-electron chi connectivity index (χ0n) is 12.4. The van der Waals surface area contributed by atoms with E-state index in [1.165, 1.54) is 12.1 Å². The van der Waals surface area contributed by atoms with Crippen LogP contribution in [0, 0.1) is 0 Å². The van der Waals surface area contributed by atoms with E-state index in [2.05, 4.69) is 15.5 Å². The van der Waals surface area contributed by atoms with E-state index in [0.29, 0.717) is 5.69 Å². The molecule has 116 valence electrons. The lowest BCUT2D eigenvalue weighted by atomic mass is 10.2. The van der Waals surface area contributed by atoms with E-state index in [-0.39, 0.29) is 5.56 Å². The van der Waals surface area contributed by atoms with Gasteiger partial charge in [0.2, 0.25) is 0 Å². The van der Waals surface area contributed by atoms with E-state index in [0.717, 1.165) is 22.2 Å². The third-order valence-corrected chi connectivity index (χ3v) is 3.44. The fourth-order valence-electron chi connectivity index (χ4n) is 2.21. The van der Waals surface area contributed by atoms with E-state index in [4.69, 9.17) is 4.74 Å². The molecule has 1 heterocycles. The van der Waals surface area contributed by atoms with Crippen LogP contribution in [0.1, 0.15) is 15.9 Å². The average molecular weight is 308 g/mol. The van der Waals surface area contributed by atoms with E-state index in [1.54, 1.807) is 25.5 Å². The molecule has 3 rings (SSSR count). The largest absolute Gasteiger partial charge is 0.545 e. The van der Waals surface area contributed by atoms with Gasteiger partial charge in [0.15, 0.2) is 0 Å². The van der Waals surface area contributed by atoms with Crippen LogP contribution in [0.2, 0.25) is 0 Å². The minimum atomic E-state index is -1.20. The number of rotatable bonds is 5. The Balaban J connectivity index is 1.76. The molecule has 1 aromatic heterocycles. The number of H-pyrrole nitrogens is 1. The van der Waals surface area contributed by atoms with Gasteiger partial charge in [-0.2, -0.15) is 5.10 Å². The van der Waals surface area contributed by atoms with Gasteiger partial charge in [-0.3, -0.25) is 5.43 Å². The summed E-state index contributed by atoms with van der Waals surface area (Å²) >= 11 is 0. The monoisotopic (exact) mass is 308 g/mol. The van der Waals surface area contributed by atoms with Gasteiger partial charge in [-0.1, -0.05) is 12.1 Å². The molecular formula is C17H14N3O3-. The molecule has 0 aliphatic carbocycles. The maximum Gasteiger partial charge on any atom is 0.119 e. The number of aromatic amines is 1. The van der Waals surface area contributed by atoms with E-state index in [9.17, 15) is 9.90 Å². The summed E-state index contributed by atoms with van der Waals surface area (Å²) in [6, 6.07) is 11.9. The van der Waals surface area contributed by atoms with Gasteiger partial charge < -0.3 is 19.6 Å². The molecule has 0 radical (unpaired) electrons. The van der Waals surface area contributed by atoms with Gasteiger partial charge in [0.05, 0.1) is 25.0 Å². The Hall–Kier alpha value is -3.28. The lowest BCUT2D eigenvalue weighted by molar-refractivity contribution is -0.255. The smallest absolute Gasteiger partial charge is 0.119 e. The molecule has 0 aliphatic rings. The number of carbonyl (C=O) groups is 1. The molecule has 0 amide bonds. The summed E-state index contributed by atoms with van der Waals surface area (Å²) in [7, 11) is 1.62. The van der Waals surface area contributed by atoms with Crippen molar-refractivity contribution >= 4 is 28.8 Å². The highest BCUT2D eigenvalue weighted by molar-refractivity contribution is 5.99. The van der Waals surface area contributed by atoms with Crippen molar-refractivity contribution in [3.05, 3.63) is 59.8 Å². The van der Waals surface area contributed by atoms with Crippen LogP contribution in [0.4, 0.5) is 5.69 Å². The Morgan fingerprint density at radius 3 is 2.74 bits per heavy atom. The van der Waals surface area contributed by atoms with E-state index < -0.39 is 5.97 Å². The standard InChI is InChI=1S/C17H15N3O3/c1-23-14-6-7-16-15(8-14)12(9-18-16)10-19-20-13-4-2-11(3-5-13)17(21)22/h2-10,18,20H,1H3,(H,21,22)/p-1/b19-10+. The first-order valence-electron chi connectivity index (χ1n) is 6.93. The van der Waals surface area contributed by atoms with E-state index >= 15 is 0 Å². The highest BCUT2D eigenvalue weighted by Crippen LogP contribution is 2.22. The fraction of sp³-hybridized carbons (Fsp3) is 0.0588. The molecule has 0 unspecified atom stereocenters. The maximum absolute atomic E-state index is 10.7. The van der Waals surface area contributed by atoms with Crippen molar-refractivity contribution in [1.82, 2.24) is 4.98 Å². The highest BCUT2D eigenvalue weighted by Gasteiger charge is 2.03. The minimum absolute atomic E-state index is 0.128. The summed E-state index contributed by atoms with van der Waals surface area (Å²) in [5.74, 6) is -0.426. The normalized spacial score (nSPS) is 11.0. The first kappa shape index (κ1) is 14.6. The Kier molecular flexibility index (Phi) is 3.97. The third-order valence-electron chi connectivity index (χ3n) is 3.44. The predicted molar refractivity (Wildman–Crippen MR) is 86.8 cm³/mol. The number of carboxylic acids is 1. The summed E-state index contributed by atoms with van der Waals surface area (Å²) in [5.41, 5.74) is 5.57. The summed E-state index contributed by atoms with van der Waals surface area (Å²) in [6.07, 6.45) is 3.54. The predicted octanol–water partition coefficient (Wildman–Crippen LogP) is 1.99. The zero-order chi connectivity index (χ0) is 16.2. The molecule has 23 heavy (non-hydrogen) atoms. The van der Waals surface area contributed by atoms with Crippen LogP contribution in [0.25, 0.3) is 10.9 Å². The minimum Gasteiger partial charge on any atom is -0.545 e. The maximum atomic E-state index is 10.7. The Morgan fingerprint density at radius 1 is 1.26 bits per heavy atom. The molecule has 0 fully saturated rings. The molecule has 0 saturated carbocycles. The Morgan fingerprint density at radius 2 is 2.04 bits per heavy atom. The Bertz CT molecular complexity index is 866. The van der Waals surface area contributed by atoms with Crippen LogP contribution in [0.5, 0.6) is 5.75 Å². The van der Waals surface area contributed by atoms with Gasteiger partial charge >= 0.3 is 0 Å². The van der Waals surface area contributed by atoms with Crippen molar-refractivity contribution in [2.24, 2.45) is 5.10 Å². The molecule has 6 heteroatoms. The van der Waals surface area contributed by atoms with Crippen molar-refractivity contribution in [2.75, 3.05) is 12.5 Å². The Labute approximate surface area is 132 Å². The van der Waals surface area contributed by atoms with Gasteiger partial charge in [-0.05, 0) is 35.9 Å². The number of aromatic nitrogens is 1. The number of carboxylic acid groups (broad SMARTS) is 1. The third kappa shape index (κ3) is 3.16. The van der Waals surface area contributed by atoms with Crippen molar-refractivity contribution in [3.8, 4) is 5.75 Å². The summed E-state index contributed by atoms with van der Waals surface area (Å²) < 4.78 is 5.22. The molecule has 2 aromatic carbocycles. The van der Waals surface area contributed by atoms with Crippen molar-refractivity contribution in [1.29, 1.82) is 0 Å². The molecule has 0 bridgehead atoms. The number of fused-ring (bicyclic) bond motifs is 1. The molecule has 2 N–H and O–H groups in total. The molecule has 6 nitrogen and oxygen atoms in total. The number of nitrogens with one attached hydrogen (secondary N) is 2. The van der Waals surface area contributed by atoms with Gasteiger partial charge in [-0.15, -0.1) is 0 Å². The highest BCUT2D eigenvalue weighted by atomic mass is 16.5. The number of hydrogen-bond acceptors (Lipinski definition) is 5. The average Bonchev–Trinajstić information content (AvgIpc) is 2.97. The number of anilines is 1. The van der Waals surface area contributed by atoms with Crippen molar-refractivity contribution in [2.45, 2.75) is 0 Å². The number of ether oxygens (including phenoxy) is 1. The number of aromatic carboxylic acids is 1. The second-order valence-electron chi connectivity index (χ2n) is 4.89. The van der Waals surface area contributed by atoms with Crippen molar-refractivity contribution in [3.63, 3.8) is 0 Å². The summed E-state index contributed by atoms with van der Waals surface area (Å²) in [6.45, 7) is 0. The number of benzene rings is 2. The number of hydrogen-bond donors (Lipinski definition) is 2. The second-order valence-corrected chi connectivity index (χ2v) is 4.89. The van der Waals surface area contributed by atoms with Gasteiger partial charge in [0, 0.05) is 22.7 Å². The molecule has 0 spiro atoms. The van der Waals surface area contributed by atoms with Gasteiger partial charge in [-0.25, -0.2) is 0 Å². The van der Waals surface area contributed by atoms with Crippen molar-refractivity contribution < 1.29 is 14.6 Å². The zero-order valence-corrected chi connectivity index (χ0v) is 12.4. The number of hydrazone groups is 1. The van der Waals surface area contributed by atoms with E-state index in [1.807, 2.05) is 24.4 Å². The lowest BCUT2D eigenvalue weighted by Crippen LogP contribution is -2.21. The van der Waals surface area contributed by atoms with Gasteiger partial charge in [0.25, 0.3) is 0 Å². The molecule has 3 aromatic rings. The second kappa shape index (κ2) is 6.23. The van der Waals surface area contributed by atoms with Crippen LogP contribution in [-0.4, -0.2) is 24.3 Å². The first-order chi connectivity index (χ1) is 11.2. The van der Waals surface area contributed by atoms with Crippen LogP contribution in [0.3, 0.4) is 0 Å². The SMILES string of the molecule is COc1ccc2[nH]cc(/C=N/Nc3ccc(C(=O)[O-])cc3)c2c1. The number of nitrogens with zero attached hydrogens (tertiary/aromatic N) is 1. The van der Waals surface area contributed by atoms with Crippen LogP contribution >= 0.6 is 0 Å². The van der Waals surface area contributed by atoms with Crippen LogP contribution < -0.4 is 15.3 Å². The molecular weight excluding hydrogens is 294 g/mol. The first-order valence-corrected chi connectivity index (χ1v) is 6.93. The van der Waals surface area contributed by atoms with Crippen LogP contribution in [-0.2, 0) is 0 Å². The topological polar surface area (TPSA) is 89.5 Å².